The Labute approximate surface area is 376 Å². The summed E-state index contributed by atoms with van der Waals surface area (Å²) in [7, 11) is 0. The number of para-hydroxylation sites is 2. The number of hydrogen-bond acceptors (Lipinski definition) is 3. The second-order valence-corrected chi connectivity index (χ2v) is 19.6. The molecule has 0 saturated heterocycles. The van der Waals surface area contributed by atoms with Crippen LogP contribution >= 0.6 is 0 Å². The van der Waals surface area contributed by atoms with Gasteiger partial charge in [-0.1, -0.05) is 171 Å². The van der Waals surface area contributed by atoms with E-state index in [-0.39, 0.29) is 48.5 Å². The average Bonchev–Trinajstić information content (AvgIpc) is 3.73. The summed E-state index contributed by atoms with van der Waals surface area (Å²) in [6.45, 7) is 22.4. The summed E-state index contributed by atoms with van der Waals surface area (Å²) < 4.78 is 2.21. The molecule has 9 rings (SSSR count). The van der Waals surface area contributed by atoms with E-state index >= 15 is 0 Å². The van der Waals surface area contributed by atoms with E-state index in [4.69, 9.17) is 9.97 Å². The minimum absolute atomic E-state index is 0. The molecule has 1 aliphatic carbocycles. The number of phenols is 1. The number of fused-ring (bicyclic) bond motifs is 4. The fraction of sp³-hybridized carbons (Fsp3) is 0.250. The standard InChI is InChI=1S/C56H54N3O.Pt/c1-53(2,3)38-33-44(51(60)46(34-38)54(4,5)6)52-58-50-41(25-19-27-47(50)59(52)40-22-15-12-16-23-40)35-30-36(32-39(31-35)55(7,8)37-20-13-11-14-21-37)49-48-43(28-29-57-49)42-24-17-18-26-45(42)56(48,9)10;/h11-29,31-34,60H,1-10H3;/q-1;. The summed E-state index contributed by atoms with van der Waals surface area (Å²) in [6, 6.07) is 51.3. The van der Waals surface area contributed by atoms with Crippen molar-refractivity contribution in [3.63, 3.8) is 0 Å². The number of imidazole rings is 1. The van der Waals surface area contributed by atoms with Gasteiger partial charge >= 0.3 is 0 Å². The zero-order valence-electron chi connectivity index (χ0n) is 36.9. The molecule has 8 aromatic rings. The Bertz CT molecular complexity index is 2940. The quantitative estimate of drug-likeness (QED) is 0.169. The van der Waals surface area contributed by atoms with E-state index in [1.165, 1.54) is 27.8 Å². The predicted molar refractivity (Wildman–Crippen MR) is 249 cm³/mol. The smallest absolute Gasteiger partial charge is 0.148 e. The maximum absolute atomic E-state index is 12.3. The Hall–Kier alpha value is -5.57. The van der Waals surface area contributed by atoms with Gasteiger partial charge in [0.2, 0.25) is 0 Å². The largest absolute Gasteiger partial charge is 0.507 e. The first kappa shape index (κ1) is 42.1. The molecule has 61 heavy (non-hydrogen) atoms. The molecule has 0 amide bonds. The first-order valence-electron chi connectivity index (χ1n) is 21.1. The number of rotatable bonds is 6. The van der Waals surface area contributed by atoms with E-state index in [0.29, 0.717) is 11.4 Å². The van der Waals surface area contributed by atoms with Crippen LogP contribution in [0.4, 0.5) is 0 Å². The number of aromatic nitrogens is 3. The van der Waals surface area contributed by atoms with Crippen LogP contribution in [0.5, 0.6) is 5.75 Å². The molecule has 0 bridgehead atoms. The molecule has 5 heteroatoms. The molecular weight excluding hydrogens is 926 g/mol. The van der Waals surface area contributed by atoms with Crippen molar-refractivity contribution < 1.29 is 26.2 Å². The molecule has 1 N–H and O–H groups in total. The number of benzene rings is 6. The summed E-state index contributed by atoms with van der Waals surface area (Å²) in [5, 5.41) is 12.3. The van der Waals surface area contributed by atoms with Crippen LogP contribution in [0, 0.1) is 6.07 Å². The van der Waals surface area contributed by atoms with Gasteiger partial charge in [-0.25, -0.2) is 4.98 Å². The molecule has 310 valence electrons. The van der Waals surface area contributed by atoms with Gasteiger partial charge in [0.15, 0.2) is 0 Å². The van der Waals surface area contributed by atoms with E-state index in [1.54, 1.807) is 0 Å². The molecule has 1 aliphatic rings. The number of pyridine rings is 1. The molecule has 0 atom stereocenters. The van der Waals surface area contributed by atoms with Crippen molar-refractivity contribution in [1.29, 1.82) is 0 Å². The summed E-state index contributed by atoms with van der Waals surface area (Å²) in [6.07, 6.45) is 1.95. The molecule has 0 aliphatic heterocycles. The van der Waals surface area contributed by atoms with Crippen molar-refractivity contribution in [2.24, 2.45) is 0 Å². The van der Waals surface area contributed by atoms with Crippen LogP contribution in [0.3, 0.4) is 0 Å². The molecule has 0 unspecified atom stereocenters. The maximum atomic E-state index is 12.3. The van der Waals surface area contributed by atoms with E-state index in [0.717, 1.165) is 55.8 Å². The minimum Gasteiger partial charge on any atom is -0.507 e. The van der Waals surface area contributed by atoms with Crippen LogP contribution < -0.4 is 0 Å². The van der Waals surface area contributed by atoms with Gasteiger partial charge in [-0.05, 0) is 74.5 Å². The Kier molecular flexibility index (Phi) is 10.4. The van der Waals surface area contributed by atoms with E-state index in [1.807, 2.05) is 12.3 Å². The normalized spacial score (nSPS) is 13.5. The predicted octanol–water partition coefficient (Wildman–Crippen LogP) is 14.2. The molecule has 0 radical (unpaired) electrons. The van der Waals surface area contributed by atoms with Crippen LogP contribution in [0.1, 0.15) is 103 Å². The Balaban J connectivity index is 0.00000514. The van der Waals surface area contributed by atoms with Gasteiger partial charge in [0.05, 0.1) is 16.6 Å². The van der Waals surface area contributed by atoms with E-state index in [9.17, 15) is 5.11 Å². The minimum atomic E-state index is -0.346. The Morgan fingerprint density at radius 1 is 0.590 bits per heavy atom. The first-order valence-corrected chi connectivity index (χ1v) is 21.1. The zero-order valence-corrected chi connectivity index (χ0v) is 39.2. The molecule has 0 saturated carbocycles. The van der Waals surface area contributed by atoms with Crippen LogP contribution in [-0.2, 0) is 42.7 Å². The van der Waals surface area contributed by atoms with Crippen molar-refractivity contribution in [1.82, 2.24) is 14.5 Å². The second kappa shape index (κ2) is 15.1. The monoisotopic (exact) mass is 979 g/mol. The fourth-order valence-electron chi connectivity index (χ4n) is 9.29. The van der Waals surface area contributed by atoms with Crippen LogP contribution in [0.25, 0.3) is 61.6 Å². The van der Waals surface area contributed by atoms with Gasteiger partial charge in [0.25, 0.3) is 0 Å². The molecule has 0 spiro atoms. The van der Waals surface area contributed by atoms with Crippen LogP contribution in [0.2, 0.25) is 0 Å². The first-order chi connectivity index (χ1) is 28.5. The topological polar surface area (TPSA) is 50.9 Å². The molecule has 2 aromatic heterocycles. The van der Waals surface area contributed by atoms with Crippen molar-refractivity contribution in [2.75, 3.05) is 0 Å². The SMILES string of the molecule is CC(C)(C)c1cc(-c2nc3c(-c4[c-]c(-c5nccc6c5C(C)(C)c5ccccc5-6)cc(C(C)(C)c5ccccc5)c4)cccc3n2-c2ccccc2)c(O)c(C(C)(C)C)c1.[Pt]. The number of hydrogen-bond donors (Lipinski definition) is 1. The Morgan fingerprint density at radius 3 is 1.92 bits per heavy atom. The van der Waals surface area contributed by atoms with Gasteiger partial charge in [0, 0.05) is 55.0 Å². The zero-order chi connectivity index (χ0) is 42.4. The van der Waals surface area contributed by atoms with Crippen molar-refractivity contribution >= 4 is 11.0 Å². The van der Waals surface area contributed by atoms with Crippen LogP contribution in [0.15, 0.2) is 140 Å². The van der Waals surface area contributed by atoms with Gasteiger partial charge in [0.1, 0.15) is 11.6 Å². The number of nitrogens with zero attached hydrogens (tertiary/aromatic N) is 3. The van der Waals surface area contributed by atoms with Crippen molar-refractivity contribution in [3.8, 4) is 56.3 Å². The van der Waals surface area contributed by atoms with Gasteiger partial charge < -0.3 is 5.11 Å². The molecule has 6 aromatic carbocycles. The molecule has 4 nitrogen and oxygen atoms in total. The van der Waals surface area contributed by atoms with Gasteiger partial charge in [-0.2, -0.15) is 0 Å². The molecule has 0 fully saturated rings. The Morgan fingerprint density at radius 2 is 1.23 bits per heavy atom. The average molecular weight is 980 g/mol. The van der Waals surface area contributed by atoms with Crippen LogP contribution in [-0.4, -0.2) is 19.6 Å². The third-order valence-corrected chi connectivity index (χ3v) is 12.8. The third-order valence-electron chi connectivity index (χ3n) is 12.8. The van der Waals surface area contributed by atoms with Crippen molar-refractivity contribution in [3.05, 3.63) is 179 Å². The molecule has 2 heterocycles. The third kappa shape index (κ3) is 7.07. The summed E-state index contributed by atoms with van der Waals surface area (Å²) in [4.78, 5) is 10.7. The summed E-state index contributed by atoms with van der Waals surface area (Å²) in [5.41, 5.74) is 15.7. The fourth-order valence-corrected chi connectivity index (χ4v) is 9.29. The number of aromatic hydroxyl groups is 1. The molecular formula is C56H54N3OPt-. The van der Waals surface area contributed by atoms with Gasteiger partial charge in [-0.3, -0.25) is 9.55 Å². The van der Waals surface area contributed by atoms with Crippen molar-refractivity contribution in [2.45, 2.75) is 90.9 Å². The number of phenolic OH excluding ortho intramolecular Hbond substituents is 1. The maximum Gasteiger partial charge on any atom is 0.148 e. The summed E-state index contributed by atoms with van der Waals surface area (Å²) in [5.74, 6) is 0.957. The van der Waals surface area contributed by atoms with E-state index in [2.05, 4.69) is 207 Å². The summed E-state index contributed by atoms with van der Waals surface area (Å²) >= 11 is 0. The van der Waals surface area contributed by atoms with E-state index < -0.39 is 0 Å². The second-order valence-electron chi connectivity index (χ2n) is 19.6. The van der Waals surface area contributed by atoms with Gasteiger partial charge in [-0.15, -0.1) is 29.3 Å².